The average Bonchev–Trinajstić information content (AvgIpc) is 3.48. The lowest BCUT2D eigenvalue weighted by Crippen LogP contribution is -2.41. The third kappa shape index (κ3) is 3.58. The van der Waals surface area contributed by atoms with Gasteiger partial charge in [0.25, 0.3) is 11.8 Å². The molecule has 1 aromatic carbocycles. The molecule has 2 N–H and O–H groups in total. The lowest BCUT2D eigenvalue weighted by atomic mass is 9.92. The van der Waals surface area contributed by atoms with E-state index in [4.69, 9.17) is 0 Å². The number of Topliss-reactive ketones (excluding diaryl/α,β-unsaturated/α-hetero) is 1. The van der Waals surface area contributed by atoms with E-state index in [0.29, 0.717) is 13.1 Å². The van der Waals surface area contributed by atoms with E-state index < -0.39 is 41.4 Å². The number of benzene rings is 1. The van der Waals surface area contributed by atoms with Gasteiger partial charge >= 0.3 is 6.03 Å². The summed E-state index contributed by atoms with van der Waals surface area (Å²) in [5.74, 6) is -3.76. The highest BCUT2D eigenvalue weighted by Gasteiger charge is 2.49. The second-order valence-electron chi connectivity index (χ2n) is 7.80. The van der Waals surface area contributed by atoms with Gasteiger partial charge in [-0.1, -0.05) is 6.07 Å². The van der Waals surface area contributed by atoms with Crippen LogP contribution >= 0.6 is 0 Å². The fraction of sp³-hybridized carbons (Fsp3) is 0.333. The maximum Gasteiger partial charge on any atom is 0.325 e. The number of nitrogens with one attached hydrogen (secondary N) is 2. The Kier molecular flexibility index (Phi) is 5.08. The predicted octanol–water partition coefficient (Wildman–Crippen LogP) is 2.18. The second-order valence-corrected chi connectivity index (χ2v) is 7.80. The number of likely N-dealkylation sites (tertiary alicyclic amines) is 1. The molecule has 0 radical (unpaired) electrons. The molecule has 10 heteroatoms. The van der Waals surface area contributed by atoms with Crippen LogP contribution in [0.1, 0.15) is 46.2 Å². The molecule has 2 aliphatic heterocycles. The van der Waals surface area contributed by atoms with Crippen molar-refractivity contribution in [1.29, 1.82) is 0 Å². The summed E-state index contributed by atoms with van der Waals surface area (Å²) >= 11 is 0. The molecule has 0 saturated carbocycles. The van der Waals surface area contributed by atoms with Crippen LogP contribution in [-0.2, 0) is 10.3 Å². The molecule has 1 unspecified atom stereocenters. The molecule has 162 valence electrons. The number of nitrogens with zero attached hydrogens (tertiary/aromatic N) is 2. The zero-order valence-corrected chi connectivity index (χ0v) is 16.7. The van der Waals surface area contributed by atoms with Crippen LogP contribution in [0.15, 0.2) is 30.5 Å². The molecule has 3 heterocycles. The Hall–Kier alpha value is -3.56. The number of halogens is 2. The summed E-state index contributed by atoms with van der Waals surface area (Å²) in [6, 6.07) is 3.47. The minimum atomic E-state index is -1.64. The van der Waals surface area contributed by atoms with Gasteiger partial charge in [0.2, 0.25) is 0 Å². The molecule has 1 aromatic heterocycles. The molecule has 8 nitrogen and oxygen atoms in total. The number of urea groups is 1. The van der Waals surface area contributed by atoms with Gasteiger partial charge in [-0.25, -0.2) is 13.6 Å². The number of aromatic nitrogens is 1. The first-order valence-electron chi connectivity index (χ1n) is 9.81. The summed E-state index contributed by atoms with van der Waals surface area (Å²) in [4.78, 5) is 55.5. The highest BCUT2D eigenvalue weighted by atomic mass is 19.2. The number of hydrogen-bond acceptors (Lipinski definition) is 4. The molecule has 1 atom stereocenters. The highest BCUT2D eigenvalue weighted by molar-refractivity contribution is 6.11. The molecule has 2 aliphatic rings. The smallest absolute Gasteiger partial charge is 0.325 e. The Labute approximate surface area is 176 Å². The maximum absolute atomic E-state index is 13.6. The molecular weight excluding hydrogens is 410 g/mol. The van der Waals surface area contributed by atoms with E-state index in [1.807, 2.05) is 0 Å². The van der Waals surface area contributed by atoms with E-state index in [-0.39, 0.29) is 22.7 Å². The third-order valence-corrected chi connectivity index (χ3v) is 5.70. The zero-order chi connectivity index (χ0) is 22.3. The summed E-state index contributed by atoms with van der Waals surface area (Å²) in [5, 5.41) is 2.44. The first-order chi connectivity index (χ1) is 14.7. The van der Waals surface area contributed by atoms with Gasteiger partial charge in [-0.05, 0) is 43.5 Å². The molecule has 2 aromatic rings. The number of H-pyrrole nitrogens is 1. The number of carbonyl (C=O) groups excluding carboxylic acids is 4. The standard InChI is InChI=1S/C21H20F2N4O4/c1-21(13-4-5-14(22)15(23)9-13)19(30)27(20(31)25-21)11-17(28)12-8-16(24-10-12)18(29)26-6-2-3-7-26/h4-5,8-10,24H,2-3,6-7,11H2,1H3,(H,25,31). The summed E-state index contributed by atoms with van der Waals surface area (Å²) in [6.45, 7) is 2.12. The third-order valence-electron chi connectivity index (χ3n) is 5.70. The number of hydrogen-bond donors (Lipinski definition) is 2. The van der Waals surface area contributed by atoms with Gasteiger partial charge in [0.15, 0.2) is 17.4 Å². The van der Waals surface area contributed by atoms with Crippen molar-refractivity contribution >= 4 is 23.6 Å². The van der Waals surface area contributed by atoms with Crippen molar-refractivity contribution in [2.24, 2.45) is 0 Å². The van der Waals surface area contributed by atoms with E-state index >= 15 is 0 Å². The van der Waals surface area contributed by atoms with Crippen LogP contribution in [0.3, 0.4) is 0 Å². The van der Waals surface area contributed by atoms with Crippen LogP contribution in [0.5, 0.6) is 0 Å². The van der Waals surface area contributed by atoms with Crippen LogP contribution in [-0.4, -0.2) is 58.0 Å². The Morgan fingerprint density at radius 2 is 1.81 bits per heavy atom. The van der Waals surface area contributed by atoms with Gasteiger partial charge < -0.3 is 15.2 Å². The van der Waals surface area contributed by atoms with Crippen molar-refractivity contribution in [3.63, 3.8) is 0 Å². The van der Waals surface area contributed by atoms with E-state index in [1.54, 1.807) is 4.90 Å². The van der Waals surface area contributed by atoms with Gasteiger partial charge in [0, 0.05) is 24.8 Å². The number of ketones is 1. The molecular formula is C21H20F2N4O4. The monoisotopic (exact) mass is 430 g/mol. The first kappa shape index (κ1) is 20.7. The largest absolute Gasteiger partial charge is 0.356 e. The number of carbonyl (C=O) groups is 4. The molecule has 31 heavy (non-hydrogen) atoms. The van der Waals surface area contributed by atoms with Crippen molar-refractivity contribution < 1.29 is 28.0 Å². The second kappa shape index (κ2) is 7.60. The van der Waals surface area contributed by atoms with Crippen LogP contribution in [0, 0.1) is 11.6 Å². The Morgan fingerprint density at radius 3 is 2.48 bits per heavy atom. The molecule has 0 bridgehead atoms. The number of imide groups is 1. The van der Waals surface area contributed by atoms with Gasteiger partial charge in [0.05, 0.1) is 6.54 Å². The van der Waals surface area contributed by atoms with Crippen molar-refractivity contribution in [3.05, 3.63) is 58.9 Å². The highest BCUT2D eigenvalue weighted by Crippen LogP contribution is 2.30. The van der Waals surface area contributed by atoms with Crippen LogP contribution < -0.4 is 5.32 Å². The summed E-state index contributed by atoms with van der Waals surface area (Å²) < 4.78 is 26.9. The molecule has 2 saturated heterocycles. The van der Waals surface area contributed by atoms with Gasteiger partial charge in [0.1, 0.15) is 11.2 Å². The van der Waals surface area contributed by atoms with E-state index in [1.165, 1.54) is 25.3 Å². The van der Waals surface area contributed by atoms with Crippen molar-refractivity contribution in [2.45, 2.75) is 25.3 Å². The first-order valence-corrected chi connectivity index (χ1v) is 9.81. The quantitative estimate of drug-likeness (QED) is 0.561. The topological polar surface area (TPSA) is 103 Å². The fourth-order valence-corrected chi connectivity index (χ4v) is 3.85. The van der Waals surface area contributed by atoms with Gasteiger partial charge in [-0.3, -0.25) is 19.3 Å². The van der Waals surface area contributed by atoms with Crippen molar-refractivity contribution in [2.75, 3.05) is 19.6 Å². The number of aromatic amines is 1. The minimum Gasteiger partial charge on any atom is -0.356 e. The zero-order valence-electron chi connectivity index (χ0n) is 16.7. The average molecular weight is 430 g/mol. The maximum atomic E-state index is 13.6. The molecule has 0 spiro atoms. The van der Waals surface area contributed by atoms with E-state index in [2.05, 4.69) is 10.3 Å². The van der Waals surface area contributed by atoms with Gasteiger partial charge in [-0.2, -0.15) is 0 Å². The van der Waals surface area contributed by atoms with Crippen LogP contribution in [0.4, 0.5) is 13.6 Å². The van der Waals surface area contributed by atoms with Crippen molar-refractivity contribution in [3.8, 4) is 0 Å². The molecule has 4 amide bonds. The fourth-order valence-electron chi connectivity index (χ4n) is 3.85. The molecule has 0 aliphatic carbocycles. The summed E-state index contributed by atoms with van der Waals surface area (Å²) in [7, 11) is 0. The SMILES string of the molecule is CC1(c2ccc(F)c(F)c2)NC(=O)N(CC(=O)c2c[nH]c(C(=O)N3CCCC3)c2)C1=O. The predicted molar refractivity (Wildman–Crippen MR) is 104 cm³/mol. The molecule has 4 rings (SSSR count). The van der Waals surface area contributed by atoms with Crippen LogP contribution in [0.25, 0.3) is 0 Å². The van der Waals surface area contributed by atoms with E-state index in [9.17, 15) is 28.0 Å². The van der Waals surface area contributed by atoms with E-state index in [0.717, 1.165) is 29.9 Å². The number of rotatable bonds is 5. The lowest BCUT2D eigenvalue weighted by molar-refractivity contribution is -0.130. The Morgan fingerprint density at radius 1 is 1.10 bits per heavy atom. The molecule has 2 fully saturated rings. The number of amides is 4. The van der Waals surface area contributed by atoms with Crippen molar-refractivity contribution in [1.82, 2.24) is 20.1 Å². The van der Waals surface area contributed by atoms with Gasteiger partial charge in [-0.15, -0.1) is 0 Å². The summed E-state index contributed by atoms with van der Waals surface area (Å²) in [6.07, 6.45) is 3.22. The Balaban J connectivity index is 1.49. The minimum absolute atomic E-state index is 0.0554. The summed E-state index contributed by atoms with van der Waals surface area (Å²) in [5.41, 5.74) is -1.17. The Bertz CT molecular complexity index is 1090. The normalized spacial score (nSPS) is 21.0. The lowest BCUT2D eigenvalue weighted by Gasteiger charge is -2.22. The van der Waals surface area contributed by atoms with Crippen LogP contribution in [0.2, 0.25) is 0 Å².